The highest BCUT2D eigenvalue weighted by molar-refractivity contribution is 14.0. The summed E-state index contributed by atoms with van der Waals surface area (Å²) in [6.07, 6.45) is 3.83. The zero-order chi connectivity index (χ0) is 18.3. The van der Waals surface area contributed by atoms with Crippen LogP contribution in [0, 0.1) is 6.92 Å². The van der Waals surface area contributed by atoms with Crippen LogP contribution in [0.15, 0.2) is 41.7 Å². The second kappa shape index (κ2) is 10.5. The van der Waals surface area contributed by atoms with E-state index >= 15 is 0 Å². The van der Waals surface area contributed by atoms with E-state index in [0.29, 0.717) is 13.1 Å². The Hall–Kier alpha value is -1.61. The van der Waals surface area contributed by atoms with Crippen LogP contribution < -0.4 is 10.6 Å². The highest BCUT2D eigenvalue weighted by Crippen LogP contribution is 2.09. The molecule has 0 fully saturated rings. The molecule has 0 amide bonds. The van der Waals surface area contributed by atoms with Crippen LogP contribution in [0.4, 0.5) is 0 Å². The van der Waals surface area contributed by atoms with Gasteiger partial charge in [-0.3, -0.25) is 4.99 Å². The van der Waals surface area contributed by atoms with E-state index in [0.717, 1.165) is 18.3 Å². The molecule has 2 rings (SSSR count). The molecule has 1 aromatic carbocycles. The van der Waals surface area contributed by atoms with Crippen molar-refractivity contribution >= 4 is 29.9 Å². The number of aliphatic imine (C=N–C) groups is 1. The summed E-state index contributed by atoms with van der Waals surface area (Å²) in [5.74, 6) is 1.79. The predicted octanol–water partition coefficient (Wildman–Crippen LogP) is 2.95. The summed E-state index contributed by atoms with van der Waals surface area (Å²) in [5.41, 5.74) is 2.23. The summed E-state index contributed by atoms with van der Waals surface area (Å²) in [7, 11) is 3.48. The molecular weight excluding hydrogens is 441 g/mol. The highest BCUT2D eigenvalue weighted by atomic mass is 127. The molecule has 0 unspecified atom stereocenters. The van der Waals surface area contributed by atoms with E-state index in [4.69, 9.17) is 4.74 Å². The summed E-state index contributed by atoms with van der Waals surface area (Å²) in [4.78, 5) is 8.53. The molecule has 0 saturated carbocycles. The fourth-order valence-electron chi connectivity index (χ4n) is 2.38. The Bertz CT molecular complexity index is 711. The maximum Gasteiger partial charge on any atom is 0.191 e. The van der Waals surface area contributed by atoms with E-state index in [-0.39, 0.29) is 29.6 Å². The van der Waals surface area contributed by atoms with Gasteiger partial charge in [-0.2, -0.15) is 0 Å². The van der Waals surface area contributed by atoms with E-state index in [2.05, 4.69) is 49.4 Å². The maximum absolute atomic E-state index is 5.42. The van der Waals surface area contributed by atoms with Crippen molar-refractivity contribution in [3.05, 3.63) is 53.6 Å². The normalized spacial score (nSPS) is 11.8. The van der Waals surface area contributed by atoms with Crippen LogP contribution in [0.25, 0.3) is 0 Å². The van der Waals surface area contributed by atoms with Crippen molar-refractivity contribution in [1.82, 2.24) is 20.2 Å². The lowest BCUT2D eigenvalue weighted by Crippen LogP contribution is -2.45. The SMILES string of the molecule is CN=C(NCc1cccc(Cn2ccnc2C)c1)NCC(C)(C)OC.I. The lowest BCUT2D eigenvalue weighted by Gasteiger charge is -2.24. The van der Waals surface area contributed by atoms with E-state index in [1.807, 2.05) is 33.2 Å². The number of aryl methyl sites for hydroxylation is 1. The molecule has 0 aliphatic carbocycles. The number of benzene rings is 1. The molecule has 7 heteroatoms. The van der Waals surface area contributed by atoms with Crippen molar-refractivity contribution in [2.75, 3.05) is 20.7 Å². The summed E-state index contributed by atoms with van der Waals surface area (Å²) in [6, 6.07) is 8.54. The minimum absolute atomic E-state index is 0. The van der Waals surface area contributed by atoms with Gasteiger partial charge in [0.1, 0.15) is 5.82 Å². The topological polar surface area (TPSA) is 63.5 Å². The highest BCUT2D eigenvalue weighted by Gasteiger charge is 2.16. The Kier molecular flexibility index (Phi) is 9.07. The maximum atomic E-state index is 5.42. The van der Waals surface area contributed by atoms with Gasteiger partial charge in [0.25, 0.3) is 0 Å². The van der Waals surface area contributed by atoms with E-state index < -0.39 is 0 Å². The van der Waals surface area contributed by atoms with Crippen LogP contribution in [0.5, 0.6) is 0 Å². The van der Waals surface area contributed by atoms with Crippen molar-refractivity contribution < 1.29 is 4.74 Å². The third kappa shape index (κ3) is 6.95. The number of imidazole rings is 1. The van der Waals surface area contributed by atoms with Crippen molar-refractivity contribution in [3.8, 4) is 0 Å². The molecule has 0 radical (unpaired) electrons. The predicted molar refractivity (Wildman–Crippen MR) is 117 cm³/mol. The molecule has 26 heavy (non-hydrogen) atoms. The Morgan fingerprint density at radius 2 is 2.00 bits per heavy atom. The quantitative estimate of drug-likeness (QED) is 0.371. The van der Waals surface area contributed by atoms with Crippen LogP contribution in [0.2, 0.25) is 0 Å². The molecule has 0 spiro atoms. The second-order valence-electron chi connectivity index (χ2n) is 6.67. The minimum Gasteiger partial charge on any atom is -0.377 e. The lowest BCUT2D eigenvalue weighted by atomic mass is 10.1. The van der Waals surface area contributed by atoms with Crippen LogP contribution >= 0.6 is 24.0 Å². The van der Waals surface area contributed by atoms with Gasteiger partial charge in [-0.25, -0.2) is 4.98 Å². The second-order valence-corrected chi connectivity index (χ2v) is 6.67. The van der Waals surface area contributed by atoms with Gasteiger partial charge < -0.3 is 19.9 Å². The monoisotopic (exact) mass is 471 g/mol. The summed E-state index contributed by atoms with van der Waals surface area (Å²) in [6.45, 7) is 8.31. The van der Waals surface area contributed by atoms with Crippen LogP contribution in [0.3, 0.4) is 0 Å². The lowest BCUT2D eigenvalue weighted by molar-refractivity contribution is 0.0268. The summed E-state index contributed by atoms with van der Waals surface area (Å²) < 4.78 is 7.56. The number of methoxy groups -OCH3 is 1. The van der Waals surface area contributed by atoms with Gasteiger partial charge in [-0.1, -0.05) is 24.3 Å². The Labute approximate surface area is 173 Å². The van der Waals surface area contributed by atoms with Crippen LogP contribution in [-0.2, 0) is 17.8 Å². The van der Waals surface area contributed by atoms with E-state index in [1.165, 1.54) is 11.1 Å². The third-order valence-corrected chi connectivity index (χ3v) is 4.19. The first-order valence-electron chi connectivity index (χ1n) is 8.49. The van der Waals surface area contributed by atoms with Crippen molar-refractivity contribution in [2.45, 2.75) is 39.5 Å². The van der Waals surface area contributed by atoms with E-state index in [1.54, 1.807) is 14.2 Å². The number of nitrogens with zero attached hydrogens (tertiary/aromatic N) is 3. The minimum atomic E-state index is -0.236. The number of halogens is 1. The first kappa shape index (κ1) is 22.4. The molecule has 1 heterocycles. The number of guanidine groups is 1. The molecule has 144 valence electrons. The number of aromatic nitrogens is 2. The van der Waals surface area contributed by atoms with Gasteiger partial charge in [-0.05, 0) is 31.9 Å². The number of nitrogens with one attached hydrogen (secondary N) is 2. The summed E-state index contributed by atoms with van der Waals surface area (Å²) in [5, 5.41) is 6.63. The molecule has 0 aliphatic heterocycles. The van der Waals surface area contributed by atoms with Gasteiger partial charge in [0.15, 0.2) is 5.96 Å². The molecule has 0 bridgehead atoms. The standard InChI is InChI=1S/C19H29N5O.HI/c1-15-21-9-10-24(15)13-17-8-6-7-16(11-17)12-22-18(20-4)23-14-19(2,3)25-5;/h6-11H,12-14H2,1-5H3,(H2,20,22,23);1H. The Balaban J connectivity index is 0.00000338. The zero-order valence-electron chi connectivity index (χ0n) is 16.2. The first-order chi connectivity index (χ1) is 11.9. The number of ether oxygens (including phenoxy) is 1. The fraction of sp³-hybridized carbons (Fsp3) is 0.474. The average molecular weight is 471 g/mol. The Morgan fingerprint density at radius 3 is 2.62 bits per heavy atom. The first-order valence-corrected chi connectivity index (χ1v) is 8.49. The zero-order valence-corrected chi connectivity index (χ0v) is 18.6. The van der Waals surface area contributed by atoms with Crippen molar-refractivity contribution in [2.24, 2.45) is 4.99 Å². The fourth-order valence-corrected chi connectivity index (χ4v) is 2.38. The molecule has 0 saturated heterocycles. The number of rotatable bonds is 7. The van der Waals surface area contributed by atoms with Gasteiger partial charge in [-0.15, -0.1) is 24.0 Å². The molecule has 2 aromatic rings. The molecule has 1 aromatic heterocycles. The third-order valence-electron chi connectivity index (χ3n) is 4.19. The average Bonchev–Trinajstić information content (AvgIpc) is 3.00. The van der Waals surface area contributed by atoms with Gasteiger partial charge in [0.05, 0.1) is 5.60 Å². The molecular formula is C19H30IN5O. The number of hydrogen-bond donors (Lipinski definition) is 2. The van der Waals surface area contributed by atoms with Crippen molar-refractivity contribution in [1.29, 1.82) is 0 Å². The largest absolute Gasteiger partial charge is 0.377 e. The summed E-state index contributed by atoms with van der Waals surface area (Å²) >= 11 is 0. The Morgan fingerprint density at radius 1 is 1.27 bits per heavy atom. The molecule has 2 N–H and O–H groups in total. The smallest absolute Gasteiger partial charge is 0.191 e. The van der Waals surface area contributed by atoms with Crippen molar-refractivity contribution in [3.63, 3.8) is 0 Å². The van der Waals surface area contributed by atoms with Gasteiger partial charge in [0, 0.05) is 46.2 Å². The van der Waals surface area contributed by atoms with Crippen LogP contribution in [-0.4, -0.2) is 41.8 Å². The van der Waals surface area contributed by atoms with E-state index in [9.17, 15) is 0 Å². The molecule has 6 nitrogen and oxygen atoms in total. The van der Waals surface area contributed by atoms with Gasteiger partial charge >= 0.3 is 0 Å². The number of hydrogen-bond acceptors (Lipinski definition) is 3. The van der Waals surface area contributed by atoms with Crippen LogP contribution in [0.1, 0.15) is 30.8 Å². The molecule has 0 atom stereocenters. The molecule has 0 aliphatic rings. The van der Waals surface area contributed by atoms with Gasteiger partial charge in [0.2, 0.25) is 0 Å².